The summed E-state index contributed by atoms with van der Waals surface area (Å²) in [4.78, 5) is 21.6. The van der Waals surface area contributed by atoms with Crippen molar-refractivity contribution in [1.29, 1.82) is 5.26 Å². The number of rotatable bonds is 5. The summed E-state index contributed by atoms with van der Waals surface area (Å²) in [6, 6.07) is 15.4. The number of hydrogen-bond donors (Lipinski definition) is 1. The number of pyridine rings is 1. The van der Waals surface area contributed by atoms with Crippen LogP contribution in [0, 0.1) is 11.3 Å². The van der Waals surface area contributed by atoms with Crippen molar-refractivity contribution in [3.8, 4) is 6.07 Å². The SMILES string of the molecule is N#Cc1cccc(C(c2ccnc(N)n2)C(c2cccnc2)c2cnccn2)c1. The maximum absolute atomic E-state index is 9.40. The van der Waals surface area contributed by atoms with Gasteiger partial charge in [-0.15, -0.1) is 0 Å². The van der Waals surface area contributed by atoms with Crippen molar-refractivity contribution < 1.29 is 0 Å². The zero-order valence-corrected chi connectivity index (χ0v) is 15.4. The quantitative estimate of drug-likeness (QED) is 0.566. The summed E-state index contributed by atoms with van der Waals surface area (Å²) in [7, 11) is 0. The summed E-state index contributed by atoms with van der Waals surface area (Å²) in [6.07, 6.45) is 10.2. The molecule has 4 aromatic rings. The Morgan fingerprint density at radius 3 is 2.34 bits per heavy atom. The van der Waals surface area contributed by atoms with E-state index in [-0.39, 0.29) is 17.8 Å². The normalized spacial score (nSPS) is 12.7. The fourth-order valence-corrected chi connectivity index (χ4v) is 3.46. The van der Waals surface area contributed by atoms with Gasteiger partial charge >= 0.3 is 0 Å². The molecule has 2 atom stereocenters. The third kappa shape index (κ3) is 3.92. The highest BCUT2D eigenvalue weighted by atomic mass is 15.0. The van der Waals surface area contributed by atoms with E-state index in [1.807, 2.05) is 42.6 Å². The summed E-state index contributed by atoms with van der Waals surface area (Å²) >= 11 is 0. The Bertz CT molecular complexity index is 1100. The smallest absolute Gasteiger partial charge is 0.220 e. The van der Waals surface area contributed by atoms with E-state index in [4.69, 9.17) is 5.73 Å². The number of nitrogens with two attached hydrogens (primary N) is 1. The monoisotopic (exact) mass is 379 g/mol. The number of nitrogens with zero attached hydrogens (tertiary/aromatic N) is 6. The van der Waals surface area contributed by atoms with Gasteiger partial charge < -0.3 is 5.73 Å². The Morgan fingerprint density at radius 1 is 0.793 bits per heavy atom. The van der Waals surface area contributed by atoms with E-state index in [1.165, 1.54) is 0 Å². The third-order valence-corrected chi connectivity index (χ3v) is 4.67. The molecule has 0 radical (unpaired) electrons. The lowest BCUT2D eigenvalue weighted by atomic mass is 9.77. The van der Waals surface area contributed by atoms with E-state index >= 15 is 0 Å². The average molecular weight is 379 g/mol. The van der Waals surface area contributed by atoms with Crippen molar-refractivity contribution in [3.63, 3.8) is 0 Å². The molecule has 3 aromatic heterocycles. The van der Waals surface area contributed by atoms with Crippen LogP contribution >= 0.6 is 0 Å². The zero-order chi connectivity index (χ0) is 20.1. The average Bonchev–Trinajstić information content (AvgIpc) is 2.78. The van der Waals surface area contributed by atoms with E-state index in [2.05, 4.69) is 31.0 Å². The molecule has 0 aliphatic rings. The first-order valence-corrected chi connectivity index (χ1v) is 9.00. The van der Waals surface area contributed by atoms with Crippen LogP contribution < -0.4 is 5.73 Å². The van der Waals surface area contributed by atoms with Gasteiger partial charge in [-0.2, -0.15) is 5.26 Å². The van der Waals surface area contributed by atoms with Gasteiger partial charge in [0.25, 0.3) is 0 Å². The van der Waals surface area contributed by atoms with Crippen LogP contribution in [0.2, 0.25) is 0 Å². The van der Waals surface area contributed by atoms with Gasteiger partial charge in [-0.1, -0.05) is 18.2 Å². The van der Waals surface area contributed by atoms with E-state index in [0.717, 1.165) is 22.5 Å². The largest absolute Gasteiger partial charge is 0.368 e. The Hall–Kier alpha value is -4.18. The molecular formula is C22H17N7. The maximum atomic E-state index is 9.40. The van der Waals surface area contributed by atoms with Crippen LogP contribution in [0.4, 0.5) is 5.95 Å². The van der Waals surface area contributed by atoms with Gasteiger partial charge in [0.2, 0.25) is 5.95 Å². The summed E-state index contributed by atoms with van der Waals surface area (Å²) in [5, 5.41) is 9.40. The second-order valence-corrected chi connectivity index (χ2v) is 6.45. The molecule has 0 saturated carbocycles. The molecule has 0 spiro atoms. The second kappa shape index (κ2) is 8.23. The van der Waals surface area contributed by atoms with Crippen LogP contribution in [-0.4, -0.2) is 24.9 Å². The summed E-state index contributed by atoms with van der Waals surface area (Å²) in [5.74, 6) is -0.317. The molecule has 7 heteroatoms. The first-order chi connectivity index (χ1) is 14.3. The van der Waals surface area contributed by atoms with Gasteiger partial charge in [-0.3, -0.25) is 15.0 Å². The van der Waals surface area contributed by atoms with Crippen molar-refractivity contribution >= 4 is 5.95 Å². The lowest BCUT2D eigenvalue weighted by Crippen LogP contribution is -2.18. The molecule has 0 aliphatic heterocycles. The summed E-state index contributed by atoms with van der Waals surface area (Å²) in [5.41, 5.74) is 9.83. The summed E-state index contributed by atoms with van der Waals surface area (Å²) < 4.78 is 0. The Kier molecular flexibility index (Phi) is 5.16. The van der Waals surface area contributed by atoms with Gasteiger partial charge in [0.05, 0.1) is 23.0 Å². The van der Waals surface area contributed by atoms with Gasteiger partial charge in [0, 0.05) is 49.0 Å². The molecule has 0 aliphatic carbocycles. The maximum Gasteiger partial charge on any atom is 0.220 e. The molecule has 1 aromatic carbocycles. The van der Waals surface area contributed by atoms with Crippen molar-refractivity contribution in [2.45, 2.75) is 11.8 Å². The van der Waals surface area contributed by atoms with E-state index in [0.29, 0.717) is 5.56 Å². The van der Waals surface area contributed by atoms with Gasteiger partial charge in [0.15, 0.2) is 0 Å². The molecule has 0 saturated heterocycles. The van der Waals surface area contributed by atoms with Crippen LogP contribution in [0.25, 0.3) is 0 Å². The molecule has 3 heterocycles. The minimum Gasteiger partial charge on any atom is -0.368 e. The molecule has 140 valence electrons. The highest BCUT2D eigenvalue weighted by Gasteiger charge is 2.31. The molecular weight excluding hydrogens is 362 g/mol. The Balaban J connectivity index is 1.97. The number of nitriles is 1. The van der Waals surface area contributed by atoms with Crippen molar-refractivity contribution in [2.24, 2.45) is 0 Å². The Morgan fingerprint density at radius 2 is 1.62 bits per heavy atom. The first kappa shape index (κ1) is 18.2. The second-order valence-electron chi connectivity index (χ2n) is 6.45. The van der Waals surface area contributed by atoms with Crippen molar-refractivity contribution in [1.82, 2.24) is 24.9 Å². The van der Waals surface area contributed by atoms with Crippen LogP contribution in [0.5, 0.6) is 0 Å². The van der Waals surface area contributed by atoms with Gasteiger partial charge in [-0.25, -0.2) is 9.97 Å². The van der Waals surface area contributed by atoms with Crippen LogP contribution in [0.3, 0.4) is 0 Å². The number of nitrogen functional groups attached to an aromatic ring is 1. The standard InChI is InChI=1S/C22H17N7/c23-12-15-3-1-4-16(11-15)20(18-6-8-28-22(24)29-18)21(17-5-2-7-25-13-17)19-14-26-9-10-27-19/h1-11,13-14,20-21H,(H2,24,28,29). The molecule has 7 nitrogen and oxygen atoms in total. The topological polar surface area (TPSA) is 114 Å². The lowest BCUT2D eigenvalue weighted by Gasteiger charge is -2.27. The first-order valence-electron chi connectivity index (χ1n) is 9.00. The van der Waals surface area contributed by atoms with Gasteiger partial charge in [0.1, 0.15) is 0 Å². The molecule has 4 rings (SSSR count). The zero-order valence-electron chi connectivity index (χ0n) is 15.4. The highest BCUT2D eigenvalue weighted by molar-refractivity contribution is 5.43. The van der Waals surface area contributed by atoms with Crippen LogP contribution in [-0.2, 0) is 0 Å². The van der Waals surface area contributed by atoms with Crippen LogP contribution in [0.1, 0.15) is 39.9 Å². The van der Waals surface area contributed by atoms with Crippen molar-refractivity contribution in [3.05, 3.63) is 108 Å². The molecule has 2 N–H and O–H groups in total. The van der Waals surface area contributed by atoms with Crippen LogP contribution in [0.15, 0.2) is 79.6 Å². The number of benzene rings is 1. The molecule has 29 heavy (non-hydrogen) atoms. The minimum atomic E-state index is -0.269. The number of aromatic nitrogens is 5. The molecule has 0 bridgehead atoms. The van der Waals surface area contributed by atoms with E-state index in [1.54, 1.807) is 37.1 Å². The van der Waals surface area contributed by atoms with E-state index < -0.39 is 0 Å². The van der Waals surface area contributed by atoms with Crippen molar-refractivity contribution in [2.75, 3.05) is 5.73 Å². The number of anilines is 1. The highest BCUT2D eigenvalue weighted by Crippen LogP contribution is 2.41. The molecule has 0 fully saturated rings. The predicted octanol–water partition coefficient (Wildman–Crippen LogP) is 3.08. The fourth-order valence-electron chi connectivity index (χ4n) is 3.46. The minimum absolute atomic E-state index is 0.188. The lowest BCUT2D eigenvalue weighted by molar-refractivity contribution is 0.651. The number of hydrogen-bond acceptors (Lipinski definition) is 7. The predicted molar refractivity (Wildman–Crippen MR) is 108 cm³/mol. The van der Waals surface area contributed by atoms with Gasteiger partial charge in [-0.05, 0) is 35.4 Å². The summed E-state index contributed by atoms with van der Waals surface area (Å²) in [6.45, 7) is 0. The third-order valence-electron chi connectivity index (χ3n) is 4.67. The Labute approximate surface area is 168 Å². The molecule has 2 unspecified atom stereocenters. The fraction of sp³-hybridized carbons (Fsp3) is 0.0909. The molecule has 0 amide bonds. The van der Waals surface area contributed by atoms with E-state index in [9.17, 15) is 5.26 Å².